The number of nitrogens with zero attached hydrogens (tertiary/aromatic N) is 1. The smallest absolute Gasteiger partial charge is 0.416 e. The summed E-state index contributed by atoms with van der Waals surface area (Å²) in [6, 6.07) is 3.67. The first-order valence-corrected chi connectivity index (χ1v) is 7.14. The normalized spacial score (nSPS) is 19.5. The Bertz CT molecular complexity index is 587. The number of carbonyl (C=O) groups is 2. The summed E-state index contributed by atoms with van der Waals surface area (Å²) in [6.07, 6.45) is -4.00. The number of alkyl halides is 3. The van der Waals surface area contributed by atoms with Gasteiger partial charge in [0.15, 0.2) is 0 Å². The van der Waals surface area contributed by atoms with E-state index in [-0.39, 0.29) is 6.54 Å². The van der Waals surface area contributed by atoms with Crippen LogP contribution >= 0.6 is 0 Å². The van der Waals surface area contributed by atoms with Gasteiger partial charge in [-0.3, -0.25) is 4.79 Å². The number of halogens is 3. The third-order valence-corrected chi connectivity index (χ3v) is 3.90. The molecule has 1 unspecified atom stereocenters. The highest BCUT2D eigenvalue weighted by Crippen LogP contribution is 2.30. The van der Waals surface area contributed by atoms with Crippen LogP contribution in [0.1, 0.15) is 30.5 Å². The molecule has 8 heteroatoms. The average molecular weight is 330 g/mol. The second-order valence-corrected chi connectivity index (χ2v) is 5.56. The van der Waals surface area contributed by atoms with E-state index in [9.17, 15) is 22.8 Å². The van der Waals surface area contributed by atoms with E-state index in [0.29, 0.717) is 18.5 Å². The van der Waals surface area contributed by atoms with Crippen molar-refractivity contribution in [2.24, 2.45) is 5.92 Å². The van der Waals surface area contributed by atoms with Gasteiger partial charge in [0.2, 0.25) is 0 Å². The van der Waals surface area contributed by atoms with E-state index in [1.165, 1.54) is 17.0 Å². The number of amides is 2. The Balaban J connectivity index is 1.95. The molecule has 0 aliphatic carbocycles. The summed E-state index contributed by atoms with van der Waals surface area (Å²) in [5, 5.41) is 11.6. The molecule has 0 aromatic heterocycles. The molecule has 2 amide bonds. The first-order valence-electron chi connectivity index (χ1n) is 7.14. The summed E-state index contributed by atoms with van der Waals surface area (Å²) in [5.41, 5.74) is -0.205. The molecule has 1 heterocycles. The highest BCUT2D eigenvalue weighted by atomic mass is 19.4. The maximum atomic E-state index is 12.5. The van der Waals surface area contributed by atoms with Crippen LogP contribution in [0.25, 0.3) is 0 Å². The third kappa shape index (κ3) is 4.14. The van der Waals surface area contributed by atoms with Crippen LogP contribution in [0.3, 0.4) is 0 Å². The van der Waals surface area contributed by atoms with E-state index >= 15 is 0 Å². The number of urea groups is 1. The molecule has 126 valence electrons. The number of benzene rings is 1. The predicted octanol–water partition coefficient (Wildman–Crippen LogP) is 2.88. The summed E-state index contributed by atoms with van der Waals surface area (Å²) in [5.74, 6) is -1.50. The zero-order valence-electron chi connectivity index (χ0n) is 12.4. The van der Waals surface area contributed by atoms with Crippen LogP contribution in [-0.4, -0.2) is 35.1 Å². The number of likely N-dealkylation sites (tertiary alicyclic amines) is 1. The van der Waals surface area contributed by atoms with Gasteiger partial charge in [-0.2, -0.15) is 13.2 Å². The number of hydrogen-bond acceptors (Lipinski definition) is 2. The highest BCUT2D eigenvalue weighted by Gasteiger charge is 2.32. The minimum absolute atomic E-state index is 0.140. The summed E-state index contributed by atoms with van der Waals surface area (Å²) in [4.78, 5) is 24.3. The minimum Gasteiger partial charge on any atom is -0.481 e. The number of aliphatic carboxylic acids is 1. The van der Waals surface area contributed by atoms with Crippen LogP contribution in [0.5, 0.6) is 0 Å². The molecule has 0 saturated carbocycles. The molecule has 1 fully saturated rings. The van der Waals surface area contributed by atoms with Gasteiger partial charge in [-0.15, -0.1) is 0 Å². The van der Waals surface area contributed by atoms with Gasteiger partial charge < -0.3 is 15.3 Å². The fourth-order valence-corrected chi connectivity index (χ4v) is 2.47. The van der Waals surface area contributed by atoms with Gasteiger partial charge in [0.05, 0.1) is 17.5 Å². The van der Waals surface area contributed by atoms with E-state index < -0.39 is 35.7 Å². The molecule has 5 nitrogen and oxygen atoms in total. The van der Waals surface area contributed by atoms with Crippen LogP contribution in [0.15, 0.2) is 24.3 Å². The molecule has 0 radical (unpaired) electrons. The molecule has 0 spiro atoms. The first-order chi connectivity index (χ1) is 10.7. The zero-order valence-corrected chi connectivity index (χ0v) is 12.4. The van der Waals surface area contributed by atoms with E-state index in [2.05, 4.69) is 5.32 Å². The van der Waals surface area contributed by atoms with Crippen molar-refractivity contribution in [2.45, 2.75) is 25.6 Å². The van der Waals surface area contributed by atoms with E-state index in [0.717, 1.165) is 12.1 Å². The van der Waals surface area contributed by atoms with Gasteiger partial charge in [-0.25, -0.2) is 4.79 Å². The Morgan fingerprint density at radius 3 is 2.39 bits per heavy atom. The molecule has 23 heavy (non-hydrogen) atoms. The molecule has 1 aromatic rings. The monoisotopic (exact) mass is 330 g/mol. The number of hydrogen-bond donors (Lipinski definition) is 2. The van der Waals surface area contributed by atoms with Crippen molar-refractivity contribution in [1.29, 1.82) is 0 Å². The molecule has 1 aliphatic heterocycles. The standard InChI is InChI=1S/C15H17F3N2O3/c1-9(10-2-4-12(5-3-10)15(16,17)18)19-14(23)20-7-6-11(8-20)13(21)22/h2-5,9,11H,6-8H2,1H3,(H,19,23)(H,21,22)/t9-,11?/m1/s1. The van der Waals surface area contributed by atoms with E-state index in [4.69, 9.17) is 5.11 Å². The van der Waals surface area contributed by atoms with Gasteiger partial charge in [0.1, 0.15) is 0 Å². The fourth-order valence-electron chi connectivity index (χ4n) is 2.47. The number of nitrogens with one attached hydrogen (secondary N) is 1. The highest BCUT2D eigenvalue weighted by molar-refractivity contribution is 5.77. The van der Waals surface area contributed by atoms with Gasteiger partial charge in [-0.1, -0.05) is 12.1 Å². The van der Waals surface area contributed by atoms with Gasteiger partial charge in [0.25, 0.3) is 0 Å². The van der Waals surface area contributed by atoms with Crippen LogP contribution in [-0.2, 0) is 11.0 Å². The molecular formula is C15H17F3N2O3. The average Bonchev–Trinajstić information content (AvgIpc) is 2.96. The Labute approximate surface area is 131 Å². The lowest BCUT2D eigenvalue weighted by Gasteiger charge is -2.21. The van der Waals surface area contributed by atoms with E-state index in [1.807, 2.05) is 0 Å². The number of carbonyl (C=O) groups excluding carboxylic acids is 1. The molecule has 0 bridgehead atoms. The second-order valence-electron chi connectivity index (χ2n) is 5.56. The SMILES string of the molecule is C[C@@H](NC(=O)N1CCC(C(=O)O)C1)c1ccc(C(F)(F)F)cc1. The van der Waals surface area contributed by atoms with Crippen molar-refractivity contribution < 1.29 is 27.9 Å². The minimum atomic E-state index is -4.40. The van der Waals surface area contributed by atoms with Crippen LogP contribution < -0.4 is 5.32 Å². The summed E-state index contributed by atoms with van der Waals surface area (Å²) in [7, 11) is 0. The predicted molar refractivity (Wildman–Crippen MR) is 75.7 cm³/mol. The van der Waals surface area contributed by atoms with Crippen LogP contribution in [0, 0.1) is 5.92 Å². The van der Waals surface area contributed by atoms with Gasteiger partial charge in [0, 0.05) is 13.1 Å². The Morgan fingerprint density at radius 2 is 1.91 bits per heavy atom. The second kappa shape index (κ2) is 6.47. The van der Waals surface area contributed by atoms with Gasteiger partial charge in [-0.05, 0) is 31.0 Å². The summed E-state index contributed by atoms with van der Waals surface area (Å²) in [6.45, 7) is 2.15. The lowest BCUT2D eigenvalue weighted by Crippen LogP contribution is -2.40. The number of carboxylic acids is 1. The van der Waals surface area contributed by atoms with Crippen molar-refractivity contribution >= 4 is 12.0 Å². The van der Waals surface area contributed by atoms with E-state index in [1.54, 1.807) is 6.92 Å². The lowest BCUT2D eigenvalue weighted by atomic mass is 10.1. The Morgan fingerprint density at radius 1 is 1.30 bits per heavy atom. The molecule has 2 N–H and O–H groups in total. The fraction of sp³-hybridized carbons (Fsp3) is 0.467. The Hall–Kier alpha value is -2.25. The molecule has 2 rings (SSSR count). The van der Waals surface area contributed by atoms with Crippen LogP contribution in [0.4, 0.5) is 18.0 Å². The Kier molecular flexibility index (Phi) is 4.82. The maximum absolute atomic E-state index is 12.5. The quantitative estimate of drug-likeness (QED) is 0.895. The summed E-state index contributed by atoms with van der Waals surface area (Å²) >= 11 is 0. The largest absolute Gasteiger partial charge is 0.481 e. The number of carboxylic acid groups (broad SMARTS) is 1. The third-order valence-electron chi connectivity index (χ3n) is 3.90. The van der Waals surface area contributed by atoms with Crippen molar-refractivity contribution in [2.75, 3.05) is 13.1 Å². The van der Waals surface area contributed by atoms with Crippen molar-refractivity contribution in [3.8, 4) is 0 Å². The zero-order chi connectivity index (χ0) is 17.2. The van der Waals surface area contributed by atoms with Crippen LogP contribution in [0.2, 0.25) is 0 Å². The van der Waals surface area contributed by atoms with Crippen molar-refractivity contribution in [3.05, 3.63) is 35.4 Å². The van der Waals surface area contributed by atoms with Gasteiger partial charge >= 0.3 is 18.2 Å². The van der Waals surface area contributed by atoms with Crippen molar-refractivity contribution in [1.82, 2.24) is 10.2 Å². The first kappa shape index (κ1) is 17.1. The topological polar surface area (TPSA) is 69.6 Å². The molecule has 2 atom stereocenters. The molecule has 1 aliphatic rings. The lowest BCUT2D eigenvalue weighted by molar-refractivity contribution is -0.141. The number of rotatable bonds is 3. The molecular weight excluding hydrogens is 313 g/mol. The summed E-state index contributed by atoms with van der Waals surface area (Å²) < 4.78 is 37.5. The molecule has 1 aromatic carbocycles. The maximum Gasteiger partial charge on any atom is 0.416 e. The molecule has 1 saturated heterocycles. The van der Waals surface area contributed by atoms with Crippen molar-refractivity contribution in [3.63, 3.8) is 0 Å².